The summed E-state index contributed by atoms with van der Waals surface area (Å²) in [4.78, 5) is 27.7. The quantitative estimate of drug-likeness (QED) is 0.394. The first kappa shape index (κ1) is 20.9. The minimum Gasteiger partial charge on any atom is -0.289 e. The Kier molecular flexibility index (Phi) is 4.40. The summed E-state index contributed by atoms with van der Waals surface area (Å²) in [6, 6.07) is 7.92. The fourth-order valence-electron chi connectivity index (χ4n) is 6.53. The molecule has 0 N–H and O–H groups in total. The van der Waals surface area contributed by atoms with Gasteiger partial charge in [0.25, 0.3) is 0 Å². The van der Waals surface area contributed by atoms with Gasteiger partial charge in [-0.3, -0.25) is 9.59 Å². The molecule has 0 radical (unpaired) electrons. The zero-order chi connectivity index (χ0) is 23.2. The molecule has 0 saturated carbocycles. The van der Waals surface area contributed by atoms with Crippen LogP contribution in [-0.4, -0.2) is 11.6 Å². The van der Waals surface area contributed by atoms with E-state index in [4.69, 9.17) is 0 Å². The van der Waals surface area contributed by atoms with Gasteiger partial charge in [-0.15, -0.1) is 0 Å². The third-order valence-electron chi connectivity index (χ3n) is 8.48. The molecule has 2 aliphatic carbocycles. The van der Waals surface area contributed by atoms with E-state index in [9.17, 15) is 9.59 Å². The first-order valence-corrected chi connectivity index (χ1v) is 11.5. The van der Waals surface area contributed by atoms with Gasteiger partial charge in [-0.1, -0.05) is 38.1 Å². The molecular formula is C30H30O2. The van der Waals surface area contributed by atoms with E-state index < -0.39 is 0 Å². The van der Waals surface area contributed by atoms with Gasteiger partial charge in [0, 0.05) is 34.1 Å². The van der Waals surface area contributed by atoms with Crippen molar-refractivity contribution in [3.05, 3.63) is 102 Å². The van der Waals surface area contributed by atoms with Gasteiger partial charge in [0.2, 0.25) is 0 Å². The molecule has 2 atom stereocenters. The van der Waals surface area contributed by atoms with Crippen LogP contribution in [-0.2, 0) is 0 Å². The number of hydrogen-bond acceptors (Lipinski definition) is 2. The van der Waals surface area contributed by atoms with Gasteiger partial charge in [0.1, 0.15) is 0 Å². The topological polar surface area (TPSA) is 34.1 Å². The maximum absolute atomic E-state index is 14.1. The van der Waals surface area contributed by atoms with Crippen molar-refractivity contribution < 1.29 is 9.59 Å². The predicted molar refractivity (Wildman–Crippen MR) is 130 cm³/mol. The molecule has 2 heteroatoms. The smallest absolute Gasteiger partial charge is 0.194 e. The van der Waals surface area contributed by atoms with Crippen molar-refractivity contribution in [2.75, 3.05) is 0 Å². The second-order valence-electron chi connectivity index (χ2n) is 9.80. The van der Waals surface area contributed by atoms with Crippen molar-refractivity contribution in [3.8, 4) is 0 Å². The van der Waals surface area contributed by atoms with Gasteiger partial charge in [-0.05, 0) is 97.2 Å². The first-order chi connectivity index (χ1) is 15.1. The second-order valence-corrected chi connectivity index (χ2v) is 9.80. The average Bonchev–Trinajstić information content (AvgIpc) is 2.77. The number of fused-ring (bicyclic) bond motifs is 4. The molecule has 3 aromatic rings. The van der Waals surface area contributed by atoms with E-state index in [-0.39, 0.29) is 23.4 Å². The molecule has 0 aliphatic heterocycles. The summed E-state index contributed by atoms with van der Waals surface area (Å²) in [6.07, 6.45) is 0. The minimum absolute atomic E-state index is 0.0522. The Bertz CT molecular complexity index is 1390. The van der Waals surface area contributed by atoms with Crippen molar-refractivity contribution in [2.24, 2.45) is 0 Å². The third kappa shape index (κ3) is 2.36. The van der Waals surface area contributed by atoms with Gasteiger partial charge in [-0.2, -0.15) is 0 Å². The standard InChI is InChI=1S/C30H30O2/c1-13-14(2)16(4)26-23(15(13)3)18(6)25-19(7)24-17(5)21-11-9-10-12-22(21)29(31)27(24)20(8)28(25)30(26)32/h9-12,17-18H,1-8H3. The van der Waals surface area contributed by atoms with Crippen LogP contribution in [0.4, 0.5) is 0 Å². The van der Waals surface area contributed by atoms with Crippen LogP contribution in [0.2, 0.25) is 0 Å². The Morgan fingerprint density at radius 1 is 0.531 bits per heavy atom. The lowest BCUT2D eigenvalue weighted by molar-refractivity contribution is 0.103. The highest BCUT2D eigenvalue weighted by Gasteiger charge is 2.40. The fraction of sp³-hybridized carbons (Fsp3) is 0.333. The molecule has 0 heterocycles. The van der Waals surface area contributed by atoms with Gasteiger partial charge < -0.3 is 0 Å². The molecule has 5 rings (SSSR count). The maximum atomic E-state index is 14.1. The molecule has 162 valence electrons. The average molecular weight is 423 g/mol. The molecule has 2 nitrogen and oxygen atoms in total. The number of hydrogen-bond donors (Lipinski definition) is 0. The molecule has 2 aliphatic rings. The SMILES string of the molecule is Cc1c(C)c(C)c2c(c1C)C(=O)c1c(C)c3c(c(C)c1C2C)C(C)c1ccccc1C3=O. The van der Waals surface area contributed by atoms with Crippen molar-refractivity contribution in [1.29, 1.82) is 0 Å². The zero-order valence-corrected chi connectivity index (χ0v) is 20.3. The normalized spacial score (nSPS) is 18.8. The van der Waals surface area contributed by atoms with Crippen LogP contribution >= 0.6 is 0 Å². The van der Waals surface area contributed by atoms with E-state index >= 15 is 0 Å². The highest BCUT2D eigenvalue weighted by molar-refractivity contribution is 6.20. The number of carbonyl (C=O) groups is 2. The Hall–Kier alpha value is -3.00. The van der Waals surface area contributed by atoms with Crippen LogP contribution in [0.3, 0.4) is 0 Å². The Balaban J connectivity index is 1.89. The Morgan fingerprint density at radius 3 is 1.72 bits per heavy atom. The van der Waals surface area contributed by atoms with E-state index in [0.29, 0.717) is 0 Å². The fourth-order valence-corrected chi connectivity index (χ4v) is 6.53. The van der Waals surface area contributed by atoms with E-state index in [1.54, 1.807) is 0 Å². The van der Waals surface area contributed by atoms with Gasteiger partial charge in [0.05, 0.1) is 0 Å². The molecule has 3 aromatic carbocycles. The lowest BCUT2D eigenvalue weighted by atomic mass is 9.66. The van der Waals surface area contributed by atoms with Crippen LogP contribution in [0.1, 0.15) is 113 Å². The molecule has 0 fully saturated rings. The molecule has 0 saturated heterocycles. The highest BCUT2D eigenvalue weighted by atomic mass is 16.1. The molecule has 0 bridgehead atoms. The van der Waals surface area contributed by atoms with Crippen molar-refractivity contribution >= 4 is 11.6 Å². The van der Waals surface area contributed by atoms with Crippen LogP contribution in [0, 0.1) is 41.5 Å². The zero-order valence-electron chi connectivity index (χ0n) is 20.3. The summed E-state index contributed by atoms with van der Waals surface area (Å²) >= 11 is 0. The van der Waals surface area contributed by atoms with E-state index in [1.807, 2.05) is 25.1 Å². The number of rotatable bonds is 0. The highest BCUT2D eigenvalue weighted by Crippen LogP contribution is 2.49. The second kappa shape index (κ2) is 6.75. The summed E-state index contributed by atoms with van der Waals surface area (Å²) in [6.45, 7) is 17.0. The third-order valence-corrected chi connectivity index (χ3v) is 8.48. The van der Waals surface area contributed by atoms with E-state index in [1.165, 1.54) is 22.3 Å². The molecule has 32 heavy (non-hydrogen) atoms. The van der Waals surface area contributed by atoms with Gasteiger partial charge in [0.15, 0.2) is 11.6 Å². The van der Waals surface area contributed by atoms with Crippen molar-refractivity contribution in [2.45, 2.75) is 67.2 Å². The first-order valence-electron chi connectivity index (χ1n) is 11.5. The Labute approximate surface area is 190 Å². The predicted octanol–water partition coefficient (Wildman–Crippen LogP) is 6.93. The van der Waals surface area contributed by atoms with Crippen molar-refractivity contribution in [3.63, 3.8) is 0 Å². The van der Waals surface area contributed by atoms with Gasteiger partial charge >= 0.3 is 0 Å². The van der Waals surface area contributed by atoms with Crippen molar-refractivity contribution in [1.82, 2.24) is 0 Å². The van der Waals surface area contributed by atoms with E-state index in [0.717, 1.165) is 55.6 Å². The number of ketones is 2. The number of benzene rings is 3. The summed E-state index contributed by atoms with van der Waals surface area (Å²) < 4.78 is 0. The lowest BCUT2D eigenvalue weighted by Crippen LogP contribution is -2.29. The van der Waals surface area contributed by atoms with Crippen LogP contribution in [0.5, 0.6) is 0 Å². The van der Waals surface area contributed by atoms with Crippen LogP contribution in [0.15, 0.2) is 24.3 Å². The minimum atomic E-state index is 0.0522. The number of carbonyl (C=O) groups excluding carboxylic acids is 2. The largest absolute Gasteiger partial charge is 0.289 e. The van der Waals surface area contributed by atoms with E-state index in [2.05, 4.69) is 54.5 Å². The van der Waals surface area contributed by atoms with Crippen LogP contribution in [0.25, 0.3) is 0 Å². The summed E-state index contributed by atoms with van der Waals surface area (Å²) in [7, 11) is 0. The molecule has 2 unspecified atom stereocenters. The maximum Gasteiger partial charge on any atom is 0.194 e. The molecular weight excluding hydrogens is 392 g/mol. The lowest BCUT2D eigenvalue weighted by Gasteiger charge is -2.36. The summed E-state index contributed by atoms with van der Waals surface area (Å²) in [5, 5.41) is 0. The van der Waals surface area contributed by atoms with Gasteiger partial charge in [-0.25, -0.2) is 0 Å². The monoisotopic (exact) mass is 422 g/mol. The Morgan fingerprint density at radius 2 is 1.03 bits per heavy atom. The molecule has 0 amide bonds. The summed E-state index contributed by atoms with van der Waals surface area (Å²) in [5.41, 5.74) is 14.3. The molecule has 0 aromatic heterocycles. The summed E-state index contributed by atoms with van der Waals surface area (Å²) in [5.74, 6) is 0.365. The van der Waals surface area contributed by atoms with Crippen LogP contribution < -0.4 is 0 Å². The molecule has 0 spiro atoms.